The zero-order valence-corrected chi connectivity index (χ0v) is 12.5. The Balaban J connectivity index is 1.99. The van der Waals surface area contributed by atoms with E-state index in [1.807, 2.05) is 6.92 Å². The van der Waals surface area contributed by atoms with Gasteiger partial charge in [-0.25, -0.2) is 10.5 Å². The van der Waals surface area contributed by atoms with Crippen LogP contribution in [-0.2, 0) is 0 Å². The van der Waals surface area contributed by atoms with Crippen LogP contribution < -0.4 is 16.2 Å². The van der Waals surface area contributed by atoms with Gasteiger partial charge in [-0.1, -0.05) is 11.6 Å². The molecule has 9 heteroatoms. The van der Waals surface area contributed by atoms with Crippen LogP contribution in [0, 0.1) is 6.92 Å². The molecule has 2 aromatic rings. The van der Waals surface area contributed by atoms with Crippen molar-refractivity contribution in [3.63, 3.8) is 0 Å². The van der Waals surface area contributed by atoms with E-state index in [0.717, 1.165) is 31.6 Å². The quantitative estimate of drug-likeness (QED) is 0.651. The van der Waals surface area contributed by atoms with Crippen molar-refractivity contribution < 1.29 is 0 Å². The summed E-state index contributed by atoms with van der Waals surface area (Å²) in [6.45, 7) is 3.70. The summed E-state index contributed by atoms with van der Waals surface area (Å²) in [6.07, 6.45) is 5.19. The molecule has 0 saturated carbocycles. The van der Waals surface area contributed by atoms with Crippen molar-refractivity contribution >= 4 is 23.5 Å². The maximum atomic E-state index is 6.04. The Kier molecular flexibility index (Phi) is 3.89. The number of hydrazine groups is 1. The minimum atomic E-state index is 0.310. The number of anilines is 2. The van der Waals surface area contributed by atoms with E-state index in [1.165, 1.54) is 11.1 Å². The van der Waals surface area contributed by atoms with Crippen LogP contribution in [0.5, 0.6) is 0 Å². The zero-order valence-electron chi connectivity index (χ0n) is 11.8. The van der Waals surface area contributed by atoms with Gasteiger partial charge in [0.2, 0.25) is 11.9 Å². The predicted molar refractivity (Wildman–Crippen MR) is 80.6 cm³/mol. The lowest BCUT2D eigenvalue weighted by Gasteiger charge is -2.26. The third-order valence-electron chi connectivity index (χ3n) is 3.42. The minimum Gasteiger partial charge on any atom is -0.341 e. The molecule has 3 heterocycles. The highest BCUT2D eigenvalue weighted by molar-refractivity contribution is 6.31. The van der Waals surface area contributed by atoms with Crippen molar-refractivity contribution in [3.8, 4) is 5.95 Å². The lowest BCUT2D eigenvalue weighted by molar-refractivity contribution is 0.566. The second-order valence-electron chi connectivity index (χ2n) is 4.96. The van der Waals surface area contributed by atoms with Gasteiger partial charge in [0, 0.05) is 13.1 Å². The third-order valence-corrected chi connectivity index (χ3v) is 3.79. The molecular weight excluding hydrogens is 292 g/mol. The van der Waals surface area contributed by atoms with Gasteiger partial charge in [-0.3, -0.25) is 5.43 Å². The molecule has 0 bridgehead atoms. The van der Waals surface area contributed by atoms with Gasteiger partial charge in [0.05, 0.1) is 16.9 Å². The zero-order chi connectivity index (χ0) is 14.8. The van der Waals surface area contributed by atoms with E-state index >= 15 is 0 Å². The number of hydrogen-bond donors (Lipinski definition) is 2. The SMILES string of the molecule is Cc1nn(-c2nc(NN)nc(N3CCCCC3)n2)cc1Cl. The maximum Gasteiger partial charge on any atom is 0.257 e. The first-order chi connectivity index (χ1) is 10.2. The van der Waals surface area contributed by atoms with Gasteiger partial charge in [-0.2, -0.15) is 20.1 Å². The van der Waals surface area contributed by atoms with E-state index in [1.54, 1.807) is 6.20 Å². The molecule has 1 saturated heterocycles. The topological polar surface area (TPSA) is 97.8 Å². The molecule has 0 spiro atoms. The van der Waals surface area contributed by atoms with E-state index in [0.29, 0.717) is 22.9 Å². The van der Waals surface area contributed by atoms with E-state index in [9.17, 15) is 0 Å². The Morgan fingerprint density at radius 2 is 1.86 bits per heavy atom. The molecule has 0 radical (unpaired) electrons. The highest BCUT2D eigenvalue weighted by Crippen LogP contribution is 2.19. The van der Waals surface area contributed by atoms with E-state index in [2.05, 4.69) is 30.4 Å². The number of hydrogen-bond acceptors (Lipinski definition) is 7. The molecule has 2 aromatic heterocycles. The van der Waals surface area contributed by atoms with E-state index in [4.69, 9.17) is 17.4 Å². The number of nitrogens with one attached hydrogen (secondary N) is 1. The van der Waals surface area contributed by atoms with Crippen LogP contribution in [0.1, 0.15) is 25.0 Å². The first-order valence-corrected chi connectivity index (χ1v) is 7.25. The average molecular weight is 309 g/mol. The van der Waals surface area contributed by atoms with Gasteiger partial charge in [0.15, 0.2) is 0 Å². The summed E-state index contributed by atoms with van der Waals surface area (Å²) in [5.74, 6) is 6.77. The smallest absolute Gasteiger partial charge is 0.257 e. The molecule has 1 fully saturated rings. The van der Waals surface area contributed by atoms with Gasteiger partial charge in [0.1, 0.15) is 0 Å². The number of nitrogen functional groups attached to an aromatic ring is 1. The summed E-state index contributed by atoms with van der Waals surface area (Å²) in [4.78, 5) is 15.2. The largest absolute Gasteiger partial charge is 0.341 e. The van der Waals surface area contributed by atoms with Crippen molar-refractivity contribution in [1.82, 2.24) is 24.7 Å². The lowest BCUT2D eigenvalue weighted by atomic mass is 10.1. The Bertz CT molecular complexity index is 615. The van der Waals surface area contributed by atoms with Crippen LogP contribution in [0.15, 0.2) is 6.20 Å². The highest BCUT2D eigenvalue weighted by Gasteiger charge is 2.17. The summed E-state index contributed by atoms with van der Waals surface area (Å²) in [5, 5.41) is 4.85. The molecule has 0 amide bonds. The van der Waals surface area contributed by atoms with Crippen molar-refractivity contribution in [2.75, 3.05) is 23.4 Å². The van der Waals surface area contributed by atoms with E-state index in [-0.39, 0.29) is 0 Å². The molecule has 112 valence electrons. The molecule has 0 aliphatic carbocycles. The average Bonchev–Trinajstić information content (AvgIpc) is 2.87. The van der Waals surface area contributed by atoms with Gasteiger partial charge < -0.3 is 4.90 Å². The molecule has 0 atom stereocenters. The fourth-order valence-corrected chi connectivity index (χ4v) is 2.43. The summed E-state index contributed by atoms with van der Waals surface area (Å²) >= 11 is 6.04. The van der Waals surface area contributed by atoms with Gasteiger partial charge in [-0.15, -0.1) is 0 Å². The molecule has 3 rings (SSSR count). The highest BCUT2D eigenvalue weighted by atomic mass is 35.5. The van der Waals surface area contributed by atoms with E-state index < -0.39 is 0 Å². The number of aromatic nitrogens is 5. The Morgan fingerprint density at radius 3 is 2.48 bits per heavy atom. The first kappa shape index (κ1) is 14.0. The minimum absolute atomic E-state index is 0.310. The van der Waals surface area contributed by atoms with Crippen LogP contribution in [-0.4, -0.2) is 37.8 Å². The standard InChI is InChI=1S/C12H17ClN8/c1-8-9(13)7-21(19-8)12-16-10(18-14)15-11(17-12)20-5-3-2-4-6-20/h7H,2-6,14H2,1H3,(H,15,16,17,18). The second kappa shape index (κ2) is 5.82. The molecule has 1 aliphatic rings. The molecule has 8 nitrogen and oxygen atoms in total. The Hall–Kier alpha value is -1.93. The Labute approximate surface area is 127 Å². The third kappa shape index (κ3) is 2.91. The maximum absolute atomic E-state index is 6.04. The predicted octanol–water partition coefficient (Wildman–Crippen LogP) is 1.30. The number of nitrogens with zero attached hydrogens (tertiary/aromatic N) is 6. The fraction of sp³-hybridized carbons (Fsp3) is 0.500. The van der Waals surface area contributed by atoms with Crippen LogP contribution in [0.25, 0.3) is 5.95 Å². The van der Waals surface area contributed by atoms with Crippen LogP contribution >= 0.6 is 11.6 Å². The number of aryl methyl sites for hydroxylation is 1. The van der Waals surface area contributed by atoms with Crippen molar-refractivity contribution in [2.24, 2.45) is 5.84 Å². The first-order valence-electron chi connectivity index (χ1n) is 6.87. The summed E-state index contributed by atoms with van der Waals surface area (Å²) < 4.78 is 1.54. The van der Waals surface area contributed by atoms with Crippen LogP contribution in [0.3, 0.4) is 0 Å². The van der Waals surface area contributed by atoms with Gasteiger partial charge in [0.25, 0.3) is 5.95 Å². The molecule has 0 unspecified atom stereocenters. The van der Waals surface area contributed by atoms with Crippen LogP contribution in [0.2, 0.25) is 5.02 Å². The molecular formula is C12H17ClN8. The lowest BCUT2D eigenvalue weighted by Crippen LogP contribution is -2.32. The molecule has 21 heavy (non-hydrogen) atoms. The number of piperidine rings is 1. The number of halogens is 1. The van der Waals surface area contributed by atoms with Crippen LogP contribution in [0.4, 0.5) is 11.9 Å². The van der Waals surface area contributed by atoms with Crippen molar-refractivity contribution in [1.29, 1.82) is 0 Å². The molecule has 1 aliphatic heterocycles. The van der Waals surface area contributed by atoms with Gasteiger partial charge in [-0.05, 0) is 26.2 Å². The summed E-state index contributed by atoms with van der Waals surface area (Å²) in [5.41, 5.74) is 3.20. The van der Waals surface area contributed by atoms with Crippen molar-refractivity contribution in [3.05, 3.63) is 16.9 Å². The van der Waals surface area contributed by atoms with Gasteiger partial charge >= 0.3 is 0 Å². The monoisotopic (exact) mass is 308 g/mol. The molecule has 0 aromatic carbocycles. The Morgan fingerprint density at radius 1 is 1.14 bits per heavy atom. The molecule has 3 N–H and O–H groups in total. The van der Waals surface area contributed by atoms with Crippen molar-refractivity contribution in [2.45, 2.75) is 26.2 Å². The second-order valence-corrected chi connectivity index (χ2v) is 5.37. The summed E-state index contributed by atoms with van der Waals surface area (Å²) in [6, 6.07) is 0. The normalized spacial score (nSPS) is 15.3. The summed E-state index contributed by atoms with van der Waals surface area (Å²) in [7, 11) is 0. The fourth-order valence-electron chi connectivity index (χ4n) is 2.30. The number of rotatable bonds is 3. The number of nitrogens with two attached hydrogens (primary N) is 1.